The van der Waals surface area contributed by atoms with Gasteiger partial charge in [-0.3, -0.25) is 14.5 Å². The molecule has 1 unspecified atom stereocenters. The number of hydrogen-bond donors (Lipinski definition) is 2. The van der Waals surface area contributed by atoms with Gasteiger partial charge in [0.1, 0.15) is 12.1 Å². The third-order valence-corrected chi connectivity index (χ3v) is 5.30. The molecule has 2 aromatic rings. The van der Waals surface area contributed by atoms with E-state index < -0.39 is 23.4 Å². The van der Waals surface area contributed by atoms with E-state index in [0.717, 1.165) is 16.9 Å². The number of aryl methyl sites for hydroxylation is 1. The van der Waals surface area contributed by atoms with Crippen LogP contribution in [0.25, 0.3) is 0 Å². The van der Waals surface area contributed by atoms with Crippen molar-refractivity contribution in [1.29, 1.82) is 0 Å². The second kappa shape index (κ2) is 7.52. The molecule has 0 saturated carbocycles. The Morgan fingerprint density at radius 2 is 1.93 bits per heavy atom. The lowest BCUT2D eigenvalue weighted by atomic mass is 9.92. The van der Waals surface area contributed by atoms with E-state index in [1.807, 2.05) is 31.2 Å². The molecule has 2 aromatic carbocycles. The van der Waals surface area contributed by atoms with Crippen molar-refractivity contribution in [1.82, 2.24) is 10.2 Å². The van der Waals surface area contributed by atoms with Gasteiger partial charge >= 0.3 is 6.03 Å². The SMILES string of the molecule is CCc1cccc(NC(=O)CN2C(=O)NC(C)(c3ccccc3Br)C2=O)c1. The fourth-order valence-corrected chi connectivity index (χ4v) is 3.78. The number of imide groups is 1. The summed E-state index contributed by atoms with van der Waals surface area (Å²) in [4.78, 5) is 38.6. The Morgan fingerprint density at radius 1 is 1.19 bits per heavy atom. The maximum Gasteiger partial charge on any atom is 0.325 e. The molecule has 0 spiro atoms. The van der Waals surface area contributed by atoms with Crippen LogP contribution in [0, 0.1) is 0 Å². The number of nitrogens with one attached hydrogen (secondary N) is 2. The van der Waals surface area contributed by atoms with Crippen LogP contribution in [-0.2, 0) is 21.5 Å². The minimum atomic E-state index is -1.22. The molecule has 140 valence electrons. The van der Waals surface area contributed by atoms with Crippen molar-refractivity contribution < 1.29 is 14.4 Å². The molecule has 1 saturated heterocycles. The molecule has 1 aliphatic rings. The van der Waals surface area contributed by atoms with Crippen LogP contribution in [0.1, 0.15) is 25.0 Å². The van der Waals surface area contributed by atoms with Crippen LogP contribution < -0.4 is 10.6 Å². The fourth-order valence-electron chi connectivity index (χ4n) is 3.10. The predicted octanol–water partition coefficient (Wildman–Crippen LogP) is 3.42. The van der Waals surface area contributed by atoms with E-state index in [0.29, 0.717) is 15.7 Å². The van der Waals surface area contributed by atoms with Gasteiger partial charge in [-0.05, 0) is 37.1 Å². The highest BCUT2D eigenvalue weighted by Gasteiger charge is 2.50. The van der Waals surface area contributed by atoms with Gasteiger partial charge in [0.15, 0.2) is 0 Å². The molecule has 0 aromatic heterocycles. The van der Waals surface area contributed by atoms with Gasteiger partial charge in [-0.15, -0.1) is 0 Å². The predicted molar refractivity (Wildman–Crippen MR) is 106 cm³/mol. The molecule has 3 rings (SSSR count). The van der Waals surface area contributed by atoms with Crippen molar-refractivity contribution in [2.45, 2.75) is 25.8 Å². The largest absolute Gasteiger partial charge is 0.325 e. The molecule has 1 aliphatic heterocycles. The Kier molecular flexibility index (Phi) is 5.32. The van der Waals surface area contributed by atoms with Crippen LogP contribution in [0.2, 0.25) is 0 Å². The number of benzene rings is 2. The molecule has 27 heavy (non-hydrogen) atoms. The first-order chi connectivity index (χ1) is 12.8. The van der Waals surface area contributed by atoms with Crippen molar-refractivity contribution in [3.05, 3.63) is 64.1 Å². The van der Waals surface area contributed by atoms with Crippen molar-refractivity contribution in [3.63, 3.8) is 0 Å². The van der Waals surface area contributed by atoms with Crippen molar-refractivity contribution in [2.75, 3.05) is 11.9 Å². The van der Waals surface area contributed by atoms with E-state index >= 15 is 0 Å². The number of carbonyl (C=O) groups excluding carboxylic acids is 3. The highest BCUT2D eigenvalue weighted by molar-refractivity contribution is 9.10. The van der Waals surface area contributed by atoms with Crippen LogP contribution in [0.15, 0.2) is 53.0 Å². The monoisotopic (exact) mass is 429 g/mol. The molecule has 1 fully saturated rings. The molecule has 6 nitrogen and oxygen atoms in total. The first-order valence-corrected chi connectivity index (χ1v) is 9.42. The van der Waals surface area contributed by atoms with Crippen molar-refractivity contribution >= 4 is 39.5 Å². The van der Waals surface area contributed by atoms with E-state index in [-0.39, 0.29) is 6.54 Å². The van der Waals surface area contributed by atoms with Crippen LogP contribution >= 0.6 is 15.9 Å². The van der Waals surface area contributed by atoms with Crippen LogP contribution in [-0.4, -0.2) is 29.3 Å². The lowest BCUT2D eigenvalue weighted by molar-refractivity contribution is -0.133. The zero-order valence-corrected chi connectivity index (χ0v) is 16.7. The maximum absolute atomic E-state index is 12.9. The molecular weight excluding hydrogens is 410 g/mol. The number of carbonyl (C=O) groups is 3. The quantitative estimate of drug-likeness (QED) is 0.714. The third kappa shape index (κ3) is 3.73. The van der Waals surface area contributed by atoms with Crippen LogP contribution in [0.4, 0.5) is 10.5 Å². The summed E-state index contributed by atoms with van der Waals surface area (Å²) in [6.07, 6.45) is 0.848. The summed E-state index contributed by atoms with van der Waals surface area (Å²) in [6, 6.07) is 14.1. The number of anilines is 1. The summed E-state index contributed by atoms with van der Waals surface area (Å²) < 4.78 is 0.712. The van der Waals surface area contributed by atoms with Crippen LogP contribution in [0.5, 0.6) is 0 Å². The number of hydrogen-bond acceptors (Lipinski definition) is 3. The summed E-state index contributed by atoms with van der Waals surface area (Å²) in [5, 5.41) is 5.44. The molecular formula is C20H20BrN3O3. The Morgan fingerprint density at radius 3 is 2.63 bits per heavy atom. The third-order valence-electron chi connectivity index (χ3n) is 4.61. The molecule has 7 heteroatoms. The van der Waals surface area contributed by atoms with Gasteiger partial charge in [-0.25, -0.2) is 4.79 Å². The summed E-state index contributed by atoms with van der Waals surface area (Å²) in [5.41, 5.74) is 1.14. The number of urea groups is 1. The highest BCUT2D eigenvalue weighted by Crippen LogP contribution is 2.33. The average Bonchev–Trinajstić information content (AvgIpc) is 2.86. The van der Waals surface area contributed by atoms with Gasteiger partial charge in [0.2, 0.25) is 5.91 Å². The lowest BCUT2D eigenvalue weighted by Crippen LogP contribution is -2.42. The minimum absolute atomic E-state index is 0.346. The first-order valence-electron chi connectivity index (χ1n) is 8.63. The van der Waals surface area contributed by atoms with E-state index in [4.69, 9.17) is 0 Å². The van der Waals surface area contributed by atoms with Gasteiger partial charge in [-0.1, -0.05) is 53.2 Å². The summed E-state index contributed by atoms with van der Waals surface area (Å²) in [5.74, 6) is -0.889. The Balaban J connectivity index is 1.75. The smallest absolute Gasteiger partial charge is 0.325 e. The normalized spacial score (nSPS) is 19.1. The van der Waals surface area contributed by atoms with Crippen molar-refractivity contribution in [3.8, 4) is 0 Å². The zero-order valence-electron chi connectivity index (χ0n) is 15.1. The average molecular weight is 430 g/mol. The Bertz CT molecular complexity index is 915. The van der Waals surface area contributed by atoms with Gasteiger partial charge < -0.3 is 10.6 Å². The van der Waals surface area contributed by atoms with E-state index in [1.165, 1.54) is 0 Å². The maximum atomic E-state index is 12.9. The summed E-state index contributed by atoms with van der Waals surface area (Å²) in [7, 11) is 0. The van der Waals surface area contributed by atoms with Gasteiger partial charge in [0.25, 0.3) is 5.91 Å². The van der Waals surface area contributed by atoms with Gasteiger partial charge in [0, 0.05) is 15.7 Å². The molecule has 4 amide bonds. The molecule has 0 radical (unpaired) electrons. The second-order valence-corrected chi connectivity index (χ2v) is 7.38. The van der Waals surface area contributed by atoms with E-state index in [1.54, 1.807) is 31.2 Å². The number of nitrogens with zero attached hydrogens (tertiary/aromatic N) is 1. The number of halogens is 1. The standard InChI is InChI=1S/C20H20BrN3O3/c1-3-13-7-6-8-14(11-13)22-17(25)12-24-18(26)20(2,23-19(24)27)15-9-4-5-10-16(15)21/h4-11H,3,12H2,1-2H3,(H,22,25)(H,23,27). The molecule has 0 aliphatic carbocycles. The molecule has 1 atom stereocenters. The number of amides is 4. The van der Waals surface area contributed by atoms with Crippen molar-refractivity contribution in [2.24, 2.45) is 0 Å². The summed E-state index contributed by atoms with van der Waals surface area (Å²) in [6.45, 7) is 3.31. The van der Waals surface area contributed by atoms with Gasteiger partial charge in [-0.2, -0.15) is 0 Å². The second-order valence-electron chi connectivity index (χ2n) is 6.53. The molecule has 1 heterocycles. The zero-order chi connectivity index (χ0) is 19.6. The minimum Gasteiger partial charge on any atom is -0.325 e. The van der Waals surface area contributed by atoms with E-state index in [2.05, 4.69) is 26.6 Å². The topological polar surface area (TPSA) is 78.5 Å². The highest BCUT2D eigenvalue weighted by atomic mass is 79.9. The van der Waals surface area contributed by atoms with Gasteiger partial charge in [0.05, 0.1) is 0 Å². The Labute approximate surface area is 166 Å². The van der Waals surface area contributed by atoms with E-state index in [9.17, 15) is 14.4 Å². The molecule has 0 bridgehead atoms. The lowest BCUT2D eigenvalue weighted by Gasteiger charge is -2.23. The fraction of sp³-hybridized carbons (Fsp3) is 0.250. The van der Waals surface area contributed by atoms with Crippen LogP contribution in [0.3, 0.4) is 0 Å². The summed E-state index contributed by atoms with van der Waals surface area (Å²) >= 11 is 3.42. The molecule has 2 N–H and O–H groups in total. The number of rotatable bonds is 5. The Hall–Kier alpha value is -2.67. The first kappa shape index (κ1) is 19.1.